The normalized spacial score (nSPS) is 13.5. The Hall–Kier alpha value is -0.650. The monoisotopic (exact) mass is 241 g/mol. The SMILES string of the molecule is Cc1cc([C@@H](N)C(F)(F)CO)oc1C.Cl. The lowest BCUT2D eigenvalue weighted by Crippen LogP contribution is -2.35. The third-order valence-corrected chi connectivity index (χ3v) is 2.16. The van der Waals surface area contributed by atoms with Crippen molar-refractivity contribution < 1.29 is 18.3 Å². The molecule has 15 heavy (non-hydrogen) atoms. The molecular formula is C9H14ClF2NO2. The fourth-order valence-corrected chi connectivity index (χ4v) is 1.06. The van der Waals surface area contributed by atoms with E-state index in [1.807, 2.05) is 0 Å². The number of furan rings is 1. The first-order chi connectivity index (χ1) is 6.38. The van der Waals surface area contributed by atoms with Gasteiger partial charge in [-0.3, -0.25) is 0 Å². The van der Waals surface area contributed by atoms with Gasteiger partial charge in [-0.1, -0.05) is 0 Å². The zero-order chi connectivity index (χ0) is 10.9. The molecule has 1 atom stereocenters. The number of aliphatic hydroxyl groups is 1. The molecule has 6 heteroatoms. The highest BCUT2D eigenvalue weighted by Gasteiger charge is 2.39. The minimum absolute atomic E-state index is 0. The maximum Gasteiger partial charge on any atom is 0.292 e. The van der Waals surface area contributed by atoms with Crippen molar-refractivity contribution in [3.05, 3.63) is 23.2 Å². The van der Waals surface area contributed by atoms with E-state index in [1.165, 1.54) is 6.07 Å². The number of alkyl halides is 2. The number of hydrogen-bond donors (Lipinski definition) is 2. The number of halogens is 3. The van der Waals surface area contributed by atoms with Crippen LogP contribution in [0.3, 0.4) is 0 Å². The quantitative estimate of drug-likeness (QED) is 0.850. The van der Waals surface area contributed by atoms with E-state index in [0.717, 1.165) is 5.56 Å². The lowest BCUT2D eigenvalue weighted by molar-refractivity contribution is -0.0756. The van der Waals surface area contributed by atoms with Crippen LogP contribution >= 0.6 is 12.4 Å². The lowest BCUT2D eigenvalue weighted by atomic mass is 10.1. The lowest BCUT2D eigenvalue weighted by Gasteiger charge is -2.18. The second kappa shape index (κ2) is 4.92. The number of aliphatic hydroxyl groups excluding tert-OH is 1. The van der Waals surface area contributed by atoms with Crippen LogP contribution in [0.1, 0.15) is 23.1 Å². The van der Waals surface area contributed by atoms with Gasteiger partial charge < -0.3 is 15.3 Å². The van der Waals surface area contributed by atoms with Gasteiger partial charge in [0.25, 0.3) is 5.92 Å². The highest BCUT2D eigenvalue weighted by molar-refractivity contribution is 5.85. The van der Waals surface area contributed by atoms with E-state index in [2.05, 4.69) is 0 Å². The zero-order valence-electron chi connectivity index (χ0n) is 8.46. The van der Waals surface area contributed by atoms with Gasteiger partial charge in [-0.2, -0.15) is 0 Å². The zero-order valence-corrected chi connectivity index (χ0v) is 9.28. The van der Waals surface area contributed by atoms with Crippen molar-refractivity contribution in [2.45, 2.75) is 25.8 Å². The molecule has 0 saturated heterocycles. The van der Waals surface area contributed by atoms with Gasteiger partial charge in [-0.25, -0.2) is 8.78 Å². The third kappa shape index (κ3) is 2.90. The molecule has 0 fully saturated rings. The van der Waals surface area contributed by atoms with Crippen molar-refractivity contribution in [2.75, 3.05) is 6.61 Å². The van der Waals surface area contributed by atoms with Crippen molar-refractivity contribution in [2.24, 2.45) is 5.73 Å². The van der Waals surface area contributed by atoms with Crippen LogP contribution in [0, 0.1) is 13.8 Å². The van der Waals surface area contributed by atoms with Crippen LogP contribution in [0.25, 0.3) is 0 Å². The van der Waals surface area contributed by atoms with Gasteiger partial charge >= 0.3 is 0 Å². The summed E-state index contributed by atoms with van der Waals surface area (Å²) in [7, 11) is 0. The summed E-state index contributed by atoms with van der Waals surface area (Å²) in [5.74, 6) is -2.79. The fraction of sp³-hybridized carbons (Fsp3) is 0.556. The molecule has 0 aliphatic carbocycles. The molecule has 0 aliphatic heterocycles. The van der Waals surface area contributed by atoms with Gasteiger partial charge in [0.1, 0.15) is 24.2 Å². The Labute approximate surface area is 92.7 Å². The molecule has 3 N–H and O–H groups in total. The topological polar surface area (TPSA) is 59.4 Å². The molecule has 0 aromatic carbocycles. The molecule has 0 spiro atoms. The predicted octanol–water partition coefficient (Wildman–Crippen LogP) is 1.95. The average Bonchev–Trinajstić information content (AvgIpc) is 2.45. The van der Waals surface area contributed by atoms with Crippen LogP contribution in [0.2, 0.25) is 0 Å². The highest BCUT2D eigenvalue weighted by Crippen LogP contribution is 2.30. The Kier molecular flexibility index (Phi) is 4.70. The minimum Gasteiger partial charge on any atom is -0.464 e. The van der Waals surface area contributed by atoms with Gasteiger partial charge in [-0.15, -0.1) is 12.4 Å². The van der Waals surface area contributed by atoms with E-state index in [1.54, 1.807) is 13.8 Å². The largest absolute Gasteiger partial charge is 0.464 e. The van der Waals surface area contributed by atoms with Crippen LogP contribution in [0.4, 0.5) is 8.78 Å². The summed E-state index contributed by atoms with van der Waals surface area (Å²) in [5, 5.41) is 8.43. The Morgan fingerprint density at radius 2 is 2.07 bits per heavy atom. The van der Waals surface area contributed by atoms with E-state index in [4.69, 9.17) is 15.3 Å². The second-order valence-electron chi connectivity index (χ2n) is 3.28. The maximum atomic E-state index is 12.9. The van der Waals surface area contributed by atoms with E-state index in [-0.39, 0.29) is 18.2 Å². The van der Waals surface area contributed by atoms with Gasteiger partial charge in [0.05, 0.1) is 0 Å². The van der Waals surface area contributed by atoms with Crippen molar-refractivity contribution in [1.29, 1.82) is 0 Å². The van der Waals surface area contributed by atoms with Crippen molar-refractivity contribution in [3.8, 4) is 0 Å². The van der Waals surface area contributed by atoms with Crippen LogP contribution < -0.4 is 5.73 Å². The molecule has 1 heterocycles. The fourth-order valence-electron chi connectivity index (χ4n) is 1.06. The Bertz CT molecular complexity index is 308. The molecule has 0 unspecified atom stereocenters. The standard InChI is InChI=1S/C9H13F2NO2.ClH/c1-5-3-7(14-6(5)2)8(12)9(10,11)4-13;/h3,8,13H,4,12H2,1-2H3;1H/t8-;/m1./s1. The second-order valence-corrected chi connectivity index (χ2v) is 3.28. The predicted molar refractivity (Wildman–Crippen MR) is 54.4 cm³/mol. The van der Waals surface area contributed by atoms with Crippen LogP contribution in [0.5, 0.6) is 0 Å². The first kappa shape index (κ1) is 14.3. The smallest absolute Gasteiger partial charge is 0.292 e. The summed E-state index contributed by atoms with van der Waals surface area (Å²) in [6.07, 6.45) is 0. The molecule has 0 bridgehead atoms. The molecule has 3 nitrogen and oxygen atoms in total. The Balaban J connectivity index is 0.00000196. The molecule has 88 valence electrons. The van der Waals surface area contributed by atoms with Crippen LogP contribution in [0.15, 0.2) is 10.5 Å². The van der Waals surface area contributed by atoms with Crippen LogP contribution in [-0.2, 0) is 0 Å². The number of aryl methyl sites for hydroxylation is 2. The maximum absolute atomic E-state index is 12.9. The molecular weight excluding hydrogens is 228 g/mol. The molecule has 0 amide bonds. The summed E-state index contributed by atoms with van der Waals surface area (Å²) < 4.78 is 30.9. The Morgan fingerprint density at radius 1 is 1.53 bits per heavy atom. The van der Waals surface area contributed by atoms with Gasteiger partial charge in [0.2, 0.25) is 0 Å². The number of rotatable bonds is 3. The van der Waals surface area contributed by atoms with Gasteiger partial charge in [0.15, 0.2) is 0 Å². The van der Waals surface area contributed by atoms with Gasteiger partial charge in [-0.05, 0) is 25.5 Å². The van der Waals surface area contributed by atoms with Gasteiger partial charge in [0, 0.05) is 0 Å². The van der Waals surface area contributed by atoms with E-state index in [0.29, 0.717) is 5.76 Å². The summed E-state index contributed by atoms with van der Waals surface area (Å²) in [5.41, 5.74) is 6.03. The summed E-state index contributed by atoms with van der Waals surface area (Å²) in [4.78, 5) is 0. The molecule has 0 radical (unpaired) electrons. The van der Waals surface area contributed by atoms with Crippen molar-refractivity contribution in [1.82, 2.24) is 0 Å². The Morgan fingerprint density at radius 3 is 2.40 bits per heavy atom. The van der Waals surface area contributed by atoms with Crippen LogP contribution in [-0.4, -0.2) is 17.6 Å². The van der Waals surface area contributed by atoms with Crippen molar-refractivity contribution >= 4 is 12.4 Å². The molecule has 1 aromatic rings. The molecule has 1 rings (SSSR count). The highest BCUT2D eigenvalue weighted by atomic mass is 35.5. The number of nitrogens with two attached hydrogens (primary N) is 1. The summed E-state index contributed by atoms with van der Waals surface area (Å²) >= 11 is 0. The number of hydrogen-bond acceptors (Lipinski definition) is 3. The third-order valence-electron chi connectivity index (χ3n) is 2.16. The summed E-state index contributed by atoms with van der Waals surface area (Å²) in [6.45, 7) is 2.13. The average molecular weight is 242 g/mol. The molecule has 1 aromatic heterocycles. The first-order valence-electron chi connectivity index (χ1n) is 4.19. The van der Waals surface area contributed by atoms with Crippen molar-refractivity contribution in [3.63, 3.8) is 0 Å². The minimum atomic E-state index is -3.35. The molecule has 0 saturated carbocycles. The van der Waals surface area contributed by atoms with E-state index in [9.17, 15) is 8.78 Å². The summed E-state index contributed by atoms with van der Waals surface area (Å²) in [6, 6.07) is -0.135. The van der Waals surface area contributed by atoms with E-state index >= 15 is 0 Å². The van der Waals surface area contributed by atoms with E-state index < -0.39 is 18.6 Å². The first-order valence-corrected chi connectivity index (χ1v) is 4.19. The molecule has 0 aliphatic rings.